The predicted octanol–water partition coefficient (Wildman–Crippen LogP) is 4.28. The zero-order chi connectivity index (χ0) is 12.6. The molecule has 0 amide bonds. The molecule has 2 unspecified atom stereocenters. The first-order chi connectivity index (χ1) is 7.99. The van der Waals surface area contributed by atoms with Gasteiger partial charge < -0.3 is 0 Å². The Morgan fingerprint density at radius 3 is 2.29 bits per heavy atom. The maximum atomic E-state index is 11.7. The molecule has 1 aliphatic carbocycles. The van der Waals surface area contributed by atoms with Crippen molar-refractivity contribution in [3.05, 3.63) is 35.4 Å². The number of carbonyl (C=O) groups excluding carboxylic acids is 1. The summed E-state index contributed by atoms with van der Waals surface area (Å²) in [5, 5.41) is 0. The van der Waals surface area contributed by atoms with E-state index in [2.05, 4.69) is 52.0 Å². The summed E-state index contributed by atoms with van der Waals surface area (Å²) in [6.45, 7) is 8.64. The van der Waals surface area contributed by atoms with Gasteiger partial charge in [0.1, 0.15) is 5.78 Å². The van der Waals surface area contributed by atoms with E-state index in [0.29, 0.717) is 17.6 Å². The van der Waals surface area contributed by atoms with Crippen molar-refractivity contribution in [1.82, 2.24) is 0 Å². The van der Waals surface area contributed by atoms with Crippen LogP contribution in [0.1, 0.15) is 63.5 Å². The number of hydrogen-bond donors (Lipinski definition) is 0. The van der Waals surface area contributed by atoms with Crippen LogP contribution in [0.15, 0.2) is 24.3 Å². The lowest BCUT2D eigenvalue weighted by atomic mass is 9.56. The van der Waals surface area contributed by atoms with E-state index in [9.17, 15) is 4.79 Å². The maximum Gasteiger partial charge on any atom is 0.140 e. The first-order valence-electron chi connectivity index (χ1n) is 6.62. The molecule has 1 aliphatic rings. The van der Waals surface area contributed by atoms with Gasteiger partial charge in [0, 0.05) is 17.8 Å². The summed E-state index contributed by atoms with van der Waals surface area (Å²) in [4.78, 5) is 11.7. The zero-order valence-electron chi connectivity index (χ0n) is 11.3. The van der Waals surface area contributed by atoms with Gasteiger partial charge >= 0.3 is 0 Å². The van der Waals surface area contributed by atoms with Gasteiger partial charge in [-0.1, -0.05) is 52.0 Å². The molecule has 0 aromatic heterocycles. The normalized spacial score (nSPS) is 28.3. The zero-order valence-corrected chi connectivity index (χ0v) is 11.3. The van der Waals surface area contributed by atoms with E-state index in [4.69, 9.17) is 0 Å². The van der Waals surface area contributed by atoms with E-state index in [-0.39, 0.29) is 5.41 Å². The van der Waals surface area contributed by atoms with Gasteiger partial charge in [0.15, 0.2) is 0 Å². The minimum absolute atomic E-state index is 0.112. The van der Waals surface area contributed by atoms with Gasteiger partial charge in [0.25, 0.3) is 0 Å². The van der Waals surface area contributed by atoms with Gasteiger partial charge in [-0.2, -0.15) is 0 Å². The molecule has 0 N–H and O–H groups in total. The number of rotatable bonds is 3. The molecular weight excluding hydrogens is 208 g/mol. The monoisotopic (exact) mass is 230 g/mol. The molecule has 0 bridgehead atoms. The Balaban J connectivity index is 2.22. The molecule has 92 valence electrons. The highest BCUT2D eigenvalue weighted by molar-refractivity contribution is 5.93. The van der Waals surface area contributed by atoms with Crippen molar-refractivity contribution in [3.63, 3.8) is 0 Å². The molecule has 0 saturated heterocycles. The summed E-state index contributed by atoms with van der Waals surface area (Å²) in [5.41, 5.74) is 2.59. The fourth-order valence-corrected chi connectivity index (χ4v) is 2.75. The maximum absolute atomic E-state index is 11.7. The second-order valence-electron chi connectivity index (χ2n) is 5.77. The third kappa shape index (κ3) is 1.92. The fourth-order valence-electron chi connectivity index (χ4n) is 2.75. The largest absolute Gasteiger partial charge is 0.299 e. The second-order valence-corrected chi connectivity index (χ2v) is 5.77. The van der Waals surface area contributed by atoms with Crippen LogP contribution in [-0.4, -0.2) is 5.78 Å². The van der Waals surface area contributed by atoms with Crippen LogP contribution in [0.3, 0.4) is 0 Å². The van der Waals surface area contributed by atoms with Crippen molar-refractivity contribution >= 4 is 5.78 Å². The van der Waals surface area contributed by atoms with E-state index in [0.717, 1.165) is 12.8 Å². The smallest absolute Gasteiger partial charge is 0.140 e. The minimum Gasteiger partial charge on any atom is -0.299 e. The first kappa shape index (κ1) is 12.3. The van der Waals surface area contributed by atoms with E-state index in [1.807, 2.05) is 0 Å². The molecule has 0 heterocycles. The summed E-state index contributed by atoms with van der Waals surface area (Å²) >= 11 is 0. The highest BCUT2D eigenvalue weighted by atomic mass is 16.1. The lowest BCUT2D eigenvalue weighted by molar-refractivity contribution is -0.139. The number of Topliss-reactive ketones (excluding diaryl/α,β-unsaturated/α-hetero) is 1. The summed E-state index contributed by atoms with van der Waals surface area (Å²) in [7, 11) is 0. The summed E-state index contributed by atoms with van der Waals surface area (Å²) in [6, 6.07) is 8.83. The Kier molecular flexibility index (Phi) is 3.11. The van der Waals surface area contributed by atoms with Crippen molar-refractivity contribution in [2.45, 2.75) is 52.4 Å². The van der Waals surface area contributed by atoms with Crippen LogP contribution in [0.2, 0.25) is 0 Å². The van der Waals surface area contributed by atoms with E-state index in [1.54, 1.807) is 0 Å². The Labute approximate surface area is 104 Å². The Bertz CT molecular complexity index is 416. The summed E-state index contributed by atoms with van der Waals surface area (Å²) in [6.07, 6.45) is 1.67. The van der Waals surface area contributed by atoms with Crippen molar-refractivity contribution in [1.29, 1.82) is 0 Å². The molecule has 0 aliphatic heterocycles. The van der Waals surface area contributed by atoms with E-state index < -0.39 is 0 Å². The van der Waals surface area contributed by atoms with Crippen LogP contribution in [0.25, 0.3) is 0 Å². The topological polar surface area (TPSA) is 17.1 Å². The molecule has 17 heavy (non-hydrogen) atoms. The minimum atomic E-state index is -0.112. The summed E-state index contributed by atoms with van der Waals surface area (Å²) in [5.74, 6) is 1.43. The van der Waals surface area contributed by atoms with Crippen LogP contribution in [-0.2, 0) is 4.79 Å². The Hall–Kier alpha value is -1.11. The third-order valence-electron chi connectivity index (χ3n) is 4.54. The first-order valence-corrected chi connectivity index (χ1v) is 6.62. The van der Waals surface area contributed by atoms with Crippen molar-refractivity contribution in [2.75, 3.05) is 0 Å². The lowest BCUT2D eigenvalue weighted by Crippen LogP contribution is -2.45. The van der Waals surface area contributed by atoms with Crippen LogP contribution in [0, 0.1) is 5.41 Å². The van der Waals surface area contributed by atoms with Crippen molar-refractivity contribution in [2.24, 2.45) is 5.41 Å². The second kappa shape index (κ2) is 4.29. The molecule has 1 aromatic carbocycles. The van der Waals surface area contributed by atoms with Crippen LogP contribution in [0.5, 0.6) is 0 Å². The molecule has 2 atom stereocenters. The van der Waals surface area contributed by atoms with Crippen LogP contribution in [0.4, 0.5) is 0 Å². The molecule has 1 aromatic rings. The quantitative estimate of drug-likeness (QED) is 0.757. The highest BCUT2D eigenvalue weighted by Gasteiger charge is 2.49. The van der Waals surface area contributed by atoms with Gasteiger partial charge in [-0.3, -0.25) is 4.79 Å². The molecule has 1 heteroatoms. The SMILES string of the molecule is CCC1(C)C(=O)CC1c1ccc(C(C)C)cc1. The van der Waals surface area contributed by atoms with E-state index >= 15 is 0 Å². The average Bonchev–Trinajstić information content (AvgIpc) is 2.34. The molecule has 0 radical (unpaired) electrons. The molecular formula is C16H22O. The molecule has 0 spiro atoms. The highest BCUT2D eigenvalue weighted by Crippen LogP contribution is 2.51. The van der Waals surface area contributed by atoms with Crippen molar-refractivity contribution < 1.29 is 4.79 Å². The third-order valence-corrected chi connectivity index (χ3v) is 4.54. The molecule has 1 saturated carbocycles. The van der Waals surface area contributed by atoms with Gasteiger partial charge in [-0.15, -0.1) is 0 Å². The van der Waals surface area contributed by atoms with Gasteiger partial charge in [0.05, 0.1) is 0 Å². The number of carbonyl (C=O) groups is 1. The summed E-state index contributed by atoms with van der Waals surface area (Å²) < 4.78 is 0. The molecule has 2 rings (SSSR count). The average molecular weight is 230 g/mol. The van der Waals surface area contributed by atoms with E-state index in [1.165, 1.54) is 11.1 Å². The molecule has 1 nitrogen and oxygen atoms in total. The van der Waals surface area contributed by atoms with Gasteiger partial charge in [0.2, 0.25) is 0 Å². The van der Waals surface area contributed by atoms with Crippen LogP contribution < -0.4 is 0 Å². The number of benzene rings is 1. The Morgan fingerprint density at radius 2 is 1.88 bits per heavy atom. The fraction of sp³-hybridized carbons (Fsp3) is 0.562. The van der Waals surface area contributed by atoms with Crippen LogP contribution >= 0.6 is 0 Å². The van der Waals surface area contributed by atoms with Crippen molar-refractivity contribution in [3.8, 4) is 0 Å². The number of ketones is 1. The van der Waals surface area contributed by atoms with Gasteiger partial charge in [-0.25, -0.2) is 0 Å². The standard InChI is InChI=1S/C16H22O/c1-5-16(4)14(10-15(16)17)13-8-6-12(7-9-13)11(2)3/h6-9,11,14H,5,10H2,1-4H3. The Morgan fingerprint density at radius 1 is 1.29 bits per heavy atom. The predicted molar refractivity (Wildman–Crippen MR) is 71.3 cm³/mol. The van der Waals surface area contributed by atoms with Gasteiger partial charge in [-0.05, 0) is 23.5 Å². The lowest BCUT2D eigenvalue weighted by Gasteiger charge is -2.45. The number of hydrogen-bond acceptors (Lipinski definition) is 1. The molecule has 1 fully saturated rings.